The van der Waals surface area contributed by atoms with Crippen LogP contribution in [0.2, 0.25) is 0 Å². The number of nitrogens with zero attached hydrogens (tertiary/aromatic N) is 1. The predicted octanol–water partition coefficient (Wildman–Crippen LogP) is 1.78. The lowest BCUT2D eigenvalue weighted by Gasteiger charge is -2.04. The standard InChI is InChI=1S/C12H11NO3/c1-15-12(14)9-16-11-6-4-10(5-7-11)3-2-8-13/h2-7H,9H2,1H3. The van der Waals surface area contributed by atoms with E-state index in [2.05, 4.69) is 4.74 Å². The van der Waals surface area contributed by atoms with Crippen molar-refractivity contribution in [2.24, 2.45) is 0 Å². The highest BCUT2D eigenvalue weighted by Gasteiger charge is 2.00. The van der Waals surface area contributed by atoms with E-state index < -0.39 is 5.97 Å². The third-order valence-electron chi connectivity index (χ3n) is 1.81. The molecular formula is C12H11NO3. The van der Waals surface area contributed by atoms with E-state index in [9.17, 15) is 4.79 Å². The fourth-order valence-electron chi connectivity index (χ4n) is 1.01. The molecule has 4 heteroatoms. The van der Waals surface area contributed by atoms with E-state index in [1.807, 2.05) is 6.07 Å². The van der Waals surface area contributed by atoms with Crippen molar-refractivity contribution in [3.63, 3.8) is 0 Å². The normalized spacial score (nSPS) is 9.75. The molecule has 0 amide bonds. The number of carbonyl (C=O) groups excluding carboxylic acids is 1. The van der Waals surface area contributed by atoms with Crippen molar-refractivity contribution in [1.82, 2.24) is 0 Å². The number of ether oxygens (including phenoxy) is 2. The molecule has 4 nitrogen and oxygen atoms in total. The van der Waals surface area contributed by atoms with Gasteiger partial charge in [-0.3, -0.25) is 0 Å². The van der Waals surface area contributed by atoms with Gasteiger partial charge in [0.25, 0.3) is 0 Å². The Hall–Kier alpha value is -2.28. The third-order valence-corrected chi connectivity index (χ3v) is 1.81. The highest BCUT2D eigenvalue weighted by molar-refractivity contribution is 5.70. The number of benzene rings is 1. The Morgan fingerprint density at radius 2 is 2.12 bits per heavy atom. The molecule has 0 unspecified atom stereocenters. The van der Waals surface area contributed by atoms with Crippen molar-refractivity contribution >= 4 is 12.0 Å². The fourth-order valence-corrected chi connectivity index (χ4v) is 1.01. The summed E-state index contributed by atoms with van der Waals surface area (Å²) in [6.07, 6.45) is 3.08. The Morgan fingerprint density at radius 3 is 2.69 bits per heavy atom. The minimum absolute atomic E-state index is 0.107. The van der Waals surface area contributed by atoms with Crippen LogP contribution in [0.15, 0.2) is 30.3 Å². The predicted molar refractivity (Wildman–Crippen MR) is 58.6 cm³/mol. The second-order valence-corrected chi connectivity index (χ2v) is 2.90. The van der Waals surface area contributed by atoms with E-state index in [0.717, 1.165) is 5.56 Å². The van der Waals surface area contributed by atoms with Gasteiger partial charge in [-0.2, -0.15) is 5.26 Å². The van der Waals surface area contributed by atoms with Gasteiger partial charge in [-0.25, -0.2) is 4.79 Å². The van der Waals surface area contributed by atoms with E-state index in [1.54, 1.807) is 30.3 Å². The van der Waals surface area contributed by atoms with Crippen LogP contribution in [-0.4, -0.2) is 19.7 Å². The van der Waals surface area contributed by atoms with Crippen LogP contribution in [0.1, 0.15) is 5.56 Å². The van der Waals surface area contributed by atoms with E-state index >= 15 is 0 Å². The maximum Gasteiger partial charge on any atom is 0.343 e. The van der Waals surface area contributed by atoms with E-state index in [1.165, 1.54) is 13.2 Å². The minimum atomic E-state index is -0.423. The summed E-state index contributed by atoms with van der Waals surface area (Å²) in [5.74, 6) is 0.160. The monoisotopic (exact) mass is 217 g/mol. The Kier molecular flexibility index (Phi) is 4.61. The molecular weight excluding hydrogens is 206 g/mol. The molecule has 0 saturated heterocycles. The average Bonchev–Trinajstić information content (AvgIpc) is 2.34. The van der Waals surface area contributed by atoms with Crippen molar-refractivity contribution in [3.8, 4) is 11.8 Å². The molecule has 16 heavy (non-hydrogen) atoms. The number of esters is 1. The van der Waals surface area contributed by atoms with E-state index in [-0.39, 0.29) is 6.61 Å². The maximum absolute atomic E-state index is 10.8. The summed E-state index contributed by atoms with van der Waals surface area (Å²) in [5.41, 5.74) is 0.895. The Bertz CT molecular complexity index is 415. The Morgan fingerprint density at radius 1 is 1.44 bits per heavy atom. The summed E-state index contributed by atoms with van der Waals surface area (Å²) in [6, 6.07) is 8.93. The summed E-state index contributed by atoms with van der Waals surface area (Å²) in [7, 11) is 1.31. The van der Waals surface area contributed by atoms with Gasteiger partial charge in [-0.1, -0.05) is 12.1 Å². The van der Waals surface area contributed by atoms with E-state index in [0.29, 0.717) is 5.75 Å². The second-order valence-electron chi connectivity index (χ2n) is 2.90. The molecule has 1 rings (SSSR count). The SMILES string of the molecule is COC(=O)COc1ccc(C=CC#N)cc1. The van der Waals surface area contributed by atoms with Crippen molar-refractivity contribution in [3.05, 3.63) is 35.9 Å². The zero-order chi connectivity index (χ0) is 11.8. The van der Waals surface area contributed by atoms with Crippen LogP contribution >= 0.6 is 0 Å². The van der Waals surface area contributed by atoms with Gasteiger partial charge in [0.15, 0.2) is 6.61 Å². The molecule has 0 saturated carbocycles. The Labute approximate surface area is 93.7 Å². The van der Waals surface area contributed by atoms with Gasteiger partial charge in [0.1, 0.15) is 5.75 Å². The second kappa shape index (κ2) is 6.25. The first kappa shape index (κ1) is 11.8. The number of methoxy groups -OCH3 is 1. The van der Waals surface area contributed by atoms with Gasteiger partial charge in [0, 0.05) is 6.08 Å². The summed E-state index contributed by atoms with van der Waals surface area (Å²) in [5, 5.41) is 8.34. The van der Waals surface area contributed by atoms with Crippen LogP contribution in [0, 0.1) is 11.3 Å². The van der Waals surface area contributed by atoms with Crippen LogP contribution in [0.5, 0.6) is 5.75 Å². The van der Waals surface area contributed by atoms with Crippen LogP contribution in [0.3, 0.4) is 0 Å². The van der Waals surface area contributed by atoms with Gasteiger partial charge in [0.2, 0.25) is 0 Å². The largest absolute Gasteiger partial charge is 0.482 e. The lowest BCUT2D eigenvalue weighted by atomic mass is 10.2. The summed E-state index contributed by atoms with van der Waals surface area (Å²) >= 11 is 0. The zero-order valence-electron chi connectivity index (χ0n) is 8.84. The van der Waals surface area contributed by atoms with Gasteiger partial charge in [0.05, 0.1) is 13.2 Å². The zero-order valence-corrected chi connectivity index (χ0v) is 8.84. The molecule has 1 aromatic rings. The topological polar surface area (TPSA) is 59.3 Å². The van der Waals surface area contributed by atoms with Crippen molar-refractivity contribution in [1.29, 1.82) is 5.26 Å². The molecule has 1 aromatic carbocycles. The number of rotatable bonds is 4. The highest BCUT2D eigenvalue weighted by atomic mass is 16.6. The first-order valence-corrected chi connectivity index (χ1v) is 4.62. The molecule has 0 spiro atoms. The van der Waals surface area contributed by atoms with Crippen LogP contribution in [-0.2, 0) is 9.53 Å². The third kappa shape index (κ3) is 3.84. The Balaban J connectivity index is 2.55. The lowest BCUT2D eigenvalue weighted by Crippen LogP contribution is -2.12. The van der Waals surface area contributed by atoms with E-state index in [4.69, 9.17) is 10.00 Å². The lowest BCUT2D eigenvalue weighted by molar-refractivity contribution is -0.142. The van der Waals surface area contributed by atoms with Crippen molar-refractivity contribution in [2.45, 2.75) is 0 Å². The maximum atomic E-state index is 10.8. The van der Waals surface area contributed by atoms with Gasteiger partial charge >= 0.3 is 5.97 Å². The average molecular weight is 217 g/mol. The first-order valence-electron chi connectivity index (χ1n) is 4.62. The molecule has 0 N–H and O–H groups in total. The van der Waals surface area contributed by atoms with Crippen LogP contribution in [0.4, 0.5) is 0 Å². The number of hydrogen-bond donors (Lipinski definition) is 0. The minimum Gasteiger partial charge on any atom is -0.482 e. The van der Waals surface area contributed by atoms with Gasteiger partial charge in [-0.15, -0.1) is 0 Å². The molecule has 0 aromatic heterocycles. The van der Waals surface area contributed by atoms with Crippen LogP contribution in [0.25, 0.3) is 6.08 Å². The number of carbonyl (C=O) groups is 1. The molecule has 0 bridgehead atoms. The fraction of sp³-hybridized carbons (Fsp3) is 0.167. The van der Waals surface area contributed by atoms with Gasteiger partial charge in [-0.05, 0) is 23.8 Å². The molecule has 0 aliphatic carbocycles. The first-order chi connectivity index (χ1) is 7.76. The highest BCUT2D eigenvalue weighted by Crippen LogP contribution is 2.12. The molecule has 82 valence electrons. The quantitative estimate of drug-likeness (QED) is 0.569. The number of hydrogen-bond acceptors (Lipinski definition) is 4. The molecule has 0 fully saturated rings. The van der Waals surface area contributed by atoms with Crippen molar-refractivity contribution in [2.75, 3.05) is 13.7 Å². The molecule has 0 atom stereocenters. The molecule has 0 radical (unpaired) electrons. The molecule has 0 aliphatic rings. The van der Waals surface area contributed by atoms with Crippen molar-refractivity contribution < 1.29 is 14.3 Å². The molecule has 0 aliphatic heterocycles. The summed E-state index contributed by atoms with van der Waals surface area (Å²) < 4.78 is 9.59. The number of nitriles is 1. The molecule has 0 heterocycles. The summed E-state index contributed by atoms with van der Waals surface area (Å²) in [6.45, 7) is -0.107. The smallest absolute Gasteiger partial charge is 0.343 e. The summed E-state index contributed by atoms with van der Waals surface area (Å²) in [4.78, 5) is 10.8. The number of allylic oxidation sites excluding steroid dienone is 1. The van der Waals surface area contributed by atoms with Crippen LogP contribution < -0.4 is 4.74 Å². The van der Waals surface area contributed by atoms with Gasteiger partial charge < -0.3 is 9.47 Å².